The molecule has 0 bridgehead atoms. The SMILES string of the molecule is COc1cc(OC)c(NC(=O)N2C[C@H]3CCCN3c3ccccc32)cc1Cl. The van der Waals surface area contributed by atoms with Crippen LogP contribution in [0.3, 0.4) is 0 Å². The Morgan fingerprint density at radius 3 is 2.63 bits per heavy atom. The summed E-state index contributed by atoms with van der Waals surface area (Å²) in [5.41, 5.74) is 2.55. The van der Waals surface area contributed by atoms with Gasteiger partial charge >= 0.3 is 6.03 Å². The Kier molecular flexibility index (Phi) is 4.74. The number of ether oxygens (including phenoxy) is 2. The molecule has 7 heteroatoms. The number of para-hydroxylation sites is 2. The molecule has 6 nitrogen and oxygen atoms in total. The number of rotatable bonds is 3. The Morgan fingerprint density at radius 1 is 1.15 bits per heavy atom. The summed E-state index contributed by atoms with van der Waals surface area (Å²) in [6, 6.07) is 11.5. The molecule has 4 rings (SSSR count). The third kappa shape index (κ3) is 3.14. The molecule has 142 valence electrons. The van der Waals surface area contributed by atoms with E-state index < -0.39 is 0 Å². The van der Waals surface area contributed by atoms with Gasteiger partial charge in [-0.2, -0.15) is 0 Å². The van der Waals surface area contributed by atoms with Crippen molar-refractivity contribution in [2.75, 3.05) is 42.4 Å². The van der Waals surface area contributed by atoms with E-state index in [1.807, 2.05) is 18.2 Å². The van der Waals surface area contributed by atoms with E-state index in [9.17, 15) is 4.79 Å². The zero-order valence-electron chi connectivity index (χ0n) is 15.4. The molecular formula is C20H22ClN3O3. The highest BCUT2D eigenvalue weighted by Gasteiger charge is 2.36. The second-order valence-corrected chi connectivity index (χ2v) is 7.11. The number of hydrogen-bond donors (Lipinski definition) is 1. The summed E-state index contributed by atoms with van der Waals surface area (Å²) >= 11 is 6.23. The number of methoxy groups -OCH3 is 2. The van der Waals surface area contributed by atoms with Crippen LogP contribution in [0.5, 0.6) is 11.5 Å². The normalized spacial score (nSPS) is 18.0. The van der Waals surface area contributed by atoms with Gasteiger partial charge in [0, 0.05) is 25.2 Å². The lowest BCUT2D eigenvalue weighted by Crippen LogP contribution is -2.49. The molecule has 2 aromatic carbocycles. The minimum absolute atomic E-state index is 0.200. The number of halogens is 1. The first kappa shape index (κ1) is 17.8. The van der Waals surface area contributed by atoms with E-state index >= 15 is 0 Å². The number of fused-ring (bicyclic) bond motifs is 3. The van der Waals surface area contributed by atoms with Crippen LogP contribution in [0.15, 0.2) is 36.4 Å². The van der Waals surface area contributed by atoms with Crippen LogP contribution in [-0.4, -0.2) is 39.4 Å². The number of amides is 2. The Labute approximate surface area is 163 Å². The molecule has 1 saturated heterocycles. The Morgan fingerprint density at radius 2 is 1.89 bits per heavy atom. The Bertz CT molecular complexity index is 874. The van der Waals surface area contributed by atoms with Crippen LogP contribution in [0, 0.1) is 0 Å². The maximum atomic E-state index is 13.1. The summed E-state index contributed by atoms with van der Waals surface area (Å²) in [5, 5.41) is 3.36. The smallest absolute Gasteiger partial charge is 0.326 e. The summed E-state index contributed by atoms with van der Waals surface area (Å²) in [4.78, 5) is 17.3. The molecule has 1 N–H and O–H groups in total. The van der Waals surface area contributed by atoms with E-state index in [4.69, 9.17) is 21.1 Å². The first-order valence-electron chi connectivity index (χ1n) is 8.98. The molecule has 1 fully saturated rings. The number of carbonyl (C=O) groups is 1. The van der Waals surface area contributed by atoms with Crippen LogP contribution in [0.25, 0.3) is 0 Å². The lowest BCUT2D eigenvalue weighted by molar-refractivity contribution is 0.256. The molecule has 2 aliphatic rings. The Balaban J connectivity index is 1.64. The molecule has 27 heavy (non-hydrogen) atoms. The van der Waals surface area contributed by atoms with Crippen LogP contribution < -0.4 is 24.6 Å². The minimum atomic E-state index is -0.200. The van der Waals surface area contributed by atoms with Crippen molar-refractivity contribution in [1.82, 2.24) is 0 Å². The molecule has 2 aromatic rings. The predicted octanol–water partition coefficient (Wildman–Crippen LogP) is 4.38. The van der Waals surface area contributed by atoms with Gasteiger partial charge < -0.3 is 19.7 Å². The molecule has 0 saturated carbocycles. The van der Waals surface area contributed by atoms with Crippen LogP contribution >= 0.6 is 11.6 Å². The number of hydrogen-bond acceptors (Lipinski definition) is 4. The highest BCUT2D eigenvalue weighted by atomic mass is 35.5. The number of nitrogens with one attached hydrogen (secondary N) is 1. The molecular weight excluding hydrogens is 366 g/mol. The van der Waals surface area contributed by atoms with E-state index in [-0.39, 0.29) is 6.03 Å². The van der Waals surface area contributed by atoms with Crippen molar-refractivity contribution in [2.24, 2.45) is 0 Å². The largest absolute Gasteiger partial charge is 0.495 e. The van der Waals surface area contributed by atoms with Crippen molar-refractivity contribution in [1.29, 1.82) is 0 Å². The fourth-order valence-corrected chi connectivity index (χ4v) is 4.16. The van der Waals surface area contributed by atoms with E-state index in [0.29, 0.717) is 34.8 Å². The Hall–Kier alpha value is -2.60. The van der Waals surface area contributed by atoms with E-state index in [0.717, 1.165) is 30.8 Å². The maximum absolute atomic E-state index is 13.1. The average molecular weight is 388 g/mol. The quantitative estimate of drug-likeness (QED) is 0.849. The lowest BCUT2D eigenvalue weighted by Gasteiger charge is -2.40. The molecule has 0 radical (unpaired) electrons. The molecule has 1 atom stereocenters. The number of anilines is 3. The zero-order valence-corrected chi connectivity index (χ0v) is 16.1. The van der Waals surface area contributed by atoms with Crippen LogP contribution in [0.2, 0.25) is 5.02 Å². The van der Waals surface area contributed by atoms with Crippen LogP contribution in [0.1, 0.15) is 12.8 Å². The molecule has 2 amide bonds. The van der Waals surface area contributed by atoms with E-state index in [2.05, 4.69) is 16.3 Å². The fraction of sp³-hybridized carbons (Fsp3) is 0.350. The summed E-state index contributed by atoms with van der Waals surface area (Å²) in [6.45, 7) is 1.70. The van der Waals surface area contributed by atoms with Gasteiger partial charge in [-0.3, -0.25) is 4.90 Å². The highest BCUT2D eigenvalue weighted by Crippen LogP contribution is 2.40. The lowest BCUT2D eigenvalue weighted by atomic mass is 10.1. The van der Waals surface area contributed by atoms with Gasteiger partial charge in [-0.15, -0.1) is 0 Å². The van der Waals surface area contributed by atoms with Crippen LogP contribution in [0.4, 0.5) is 21.9 Å². The highest BCUT2D eigenvalue weighted by molar-refractivity contribution is 6.32. The predicted molar refractivity (Wildman–Crippen MR) is 108 cm³/mol. The van der Waals surface area contributed by atoms with Gasteiger partial charge in [0.25, 0.3) is 0 Å². The van der Waals surface area contributed by atoms with Crippen molar-refractivity contribution >= 4 is 34.7 Å². The van der Waals surface area contributed by atoms with Crippen molar-refractivity contribution in [3.8, 4) is 11.5 Å². The molecule has 0 unspecified atom stereocenters. The number of nitrogens with zero attached hydrogens (tertiary/aromatic N) is 2. The molecule has 2 heterocycles. The van der Waals surface area contributed by atoms with Crippen molar-refractivity contribution in [3.63, 3.8) is 0 Å². The number of urea groups is 1. The van der Waals surface area contributed by atoms with Gasteiger partial charge in [0.15, 0.2) is 0 Å². The summed E-state index contributed by atoms with van der Waals surface area (Å²) in [6.07, 6.45) is 2.24. The van der Waals surface area contributed by atoms with Gasteiger partial charge in [-0.05, 0) is 31.0 Å². The maximum Gasteiger partial charge on any atom is 0.326 e. The van der Waals surface area contributed by atoms with Crippen molar-refractivity contribution in [2.45, 2.75) is 18.9 Å². The number of carbonyl (C=O) groups excluding carboxylic acids is 1. The van der Waals surface area contributed by atoms with E-state index in [1.165, 1.54) is 7.11 Å². The fourth-order valence-electron chi connectivity index (χ4n) is 3.92. The second-order valence-electron chi connectivity index (χ2n) is 6.71. The van der Waals surface area contributed by atoms with Crippen molar-refractivity contribution < 1.29 is 14.3 Å². The molecule has 0 aliphatic carbocycles. The van der Waals surface area contributed by atoms with Gasteiger partial charge in [-0.1, -0.05) is 23.7 Å². The topological polar surface area (TPSA) is 54.0 Å². The summed E-state index contributed by atoms with van der Waals surface area (Å²) in [5.74, 6) is 0.994. The third-order valence-electron chi connectivity index (χ3n) is 5.21. The van der Waals surface area contributed by atoms with E-state index in [1.54, 1.807) is 24.1 Å². The standard InChI is InChI=1S/C20H22ClN3O3/c1-26-18-11-19(27-2)15(10-14(18)21)22-20(25)24-12-13-6-5-9-23(13)16-7-3-4-8-17(16)24/h3-4,7-8,10-11,13H,5-6,9,12H2,1-2H3,(H,22,25)/t13-/m1/s1. The first-order valence-corrected chi connectivity index (χ1v) is 9.36. The van der Waals surface area contributed by atoms with Gasteiger partial charge in [-0.25, -0.2) is 4.79 Å². The summed E-state index contributed by atoms with van der Waals surface area (Å²) in [7, 11) is 3.09. The minimum Gasteiger partial charge on any atom is -0.495 e. The van der Waals surface area contributed by atoms with Gasteiger partial charge in [0.2, 0.25) is 0 Å². The van der Waals surface area contributed by atoms with Gasteiger partial charge in [0.1, 0.15) is 11.5 Å². The first-order chi connectivity index (χ1) is 13.1. The number of benzene rings is 2. The van der Waals surface area contributed by atoms with Crippen molar-refractivity contribution in [3.05, 3.63) is 41.4 Å². The zero-order chi connectivity index (χ0) is 19.0. The second kappa shape index (κ2) is 7.19. The van der Waals surface area contributed by atoms with Crippen LogP contribution in [-0.2, 0) is 0 Å². The molecule has 0 spiro atoms. The monoisotopic (exact) mass is 387 g/mol. The molecule has 0 aromatic heterocycles. The average Bonchev–Trinajstić information content (AvgIpc) is 3.16. The third-order valence-corrected chi connectivity index (χ3v) is 5.51. The van der Waals surface area contributed by atoms with Gasteiger partial charge in [0.05, 0.1) is 36.3 Å². The summed E-state index contributed by atoms with van der Waals surface area (Å²) < 4.78 is 10.6. The molecule has 2 aliphatic heterocycles.